The van der Waals surface area contributed by atoms with Gasteiger partial charge in [0.15, 0.2) is 15.4 Å². The molecule has 1 unspecified atom stereocenters. The first-order chi connectivity index (χ1) is 9.15. The SMILES string of the molecule is CC(=O)OC(Cl)C1=C(C(=O)O)N2C(=O)C[C@H]2S(=O)(=O)C1. The number of alkyl halides is 1. The second-order valence-corrected chi connectivity index (χ2v) is 6.89. The van der Waals surface area contributed by atoms with Gasteiger partial charge in [-0.15, -0.1) is 0 Å². The van der Waals surface area contributed by atoms with Crippen LogP contribution in [-0.2, 0) is 29.0 Å². The molecule has 1 N–H and O–H groups in total. The Balaban J connectivity index is 2.52. The first kappa shape index (κ1) is 14.8. The van der Waals surface area contributed by atoms with Crippen LogP contribution in [0.5, 0.6) is 0 Å². The van der Waals surface area contributed by atoms with E-state index in [1.165, 1.54) is 0 Å². The van der Waals surface area contributed by atoms with Gasteiger partial charge in [-0.25, -0.2) is 13.2 Å². The van der Waals surface area contributed by atoms with Gasteiger partial charge < -0.3 is 9.84 Å². The molecule has 20 heavy (non-hydrogen) atoms. The third-order valence-electron chi connectivity index (χ3n) is 2.97. The minimum Gasteiger partial charge on any atom is -0.477 e. The van der Waals surface area contributed by atoms with Crippen molar-refractivity contribution in [3.63, 3.8) is 0 Å². The smallest absolute Gasteiger partial charge is 0.352 e. The molecule has 10 heteroatoms. The van der Waals surface area contributed by atoms with Gasteiger partial charge in [0.05, 0.1) is 12.2 Å². The Labute approximate surface area is 118 Å². The van der Waals surface area contributed by atoms with Crippen molar-refractivity contribution in [3.05, 3.63) is 11.3 Å². The van der Waals surface area contributed by atoms with E-state index in [9.17, 15) is 22.8 Å². The quantitative estimate of drug-likeness (QED) is 0.420. The molecular formula is C10H10ClNO7S. The maximum atomic E-state index is 11.9. The van der Waals surface area contributed by atoms with Crippen LogP contribution in [0.15, 0.2) is 11.3 Å². The van der Waals surface area contributed by atoms with Crippen molar-refractivity contribution in [1.29, 1.82) is 0 Å². The molecule has 2 aliphatic heterocycles. The molecule has 2 atom stereocenters. The van der Waals surface area contributed by atoms with Gasteiger partial charge in [-0.05, 0) is 0 Å². The molecule has 2 rings (SSSR count). The molecule has 1 saturated heterocycles. The number of nitrogens with zero attached hydrogens (tertiary/aromatic N) is 1. The standard InChI is InChI=1S/C10H10ClNO7S/c1-4(13)19-9(11)5-3-20(17,18)7-2-6(14)12(7)8(5)10(15)16/h7,9H,2-3H2,1H3,(H,15,16)/t7-,9?/m1/s1. The minimum absolute atomic E-state index is 0.257. The molecule has 0 aromatic heterocycles. The van der Waals surface area contributed by atoms with E-state index in [1.54, 1.807) is 0 Å². The summed E-state index contributed by atoms with van der Waals surface area (Å²) in [6, 6.07) is 0. The van der Waals surface area contributed by atoms with Crippen molar-refractivity contribution in [1.82, 2.24) is 4.90 Å². The lowest BCUT2D eigenvalue weighted by molar-refractivity contribution is -0.147. The lowest BCUT2D eigenvalue weighted by atomic mass is 10.1. The van der Waals surface area contributed by atoms with E-state index in [0.29, 0.717) is 4.90 Å². The Hall–Kier alpha value is -1.61. The number of esters is 1. The number of aliphatic carboxylic acids is 1. The lowest BCUT2D eigenvalue weighted by Gasteiger charge is -2.44. The fourth-order valence-electron chi connectivity index (χ4n) is 2.11. The number of hydrogen-bond donors (Lipinski definition) is 1. The summed E-state index contributed by atoms with van der Waals surface area (Å²) >= 11 is 5.74. The summed E-state index contributed by atoms with van der Waals surface area (Å²) in [5.74, 6) is -3.58. The monoisotopic (exact) mass is 323 g/mol. The Kier molecular flexibility index (Phi) is 3.51. The van der Waals surface area contributed by atoms with Crippen molar-refractivity contribution in [2.24, 2.45) is 0 Å². The van der Waals surface area contributed by atoms with Crippen LogP contribution in [0.2, 0.25) is 0 Å². The molecule has 0 aromatic rings. The molecule has 0 radical (unpaired) electrons. The highest BCUT2D eigenvalue weighted by molar-refractivity contribution is 7.92. The number of halogens is 1. The van der Waals surface area contributed by atoms with Gasteiger partial charge in [0.1, 0.15) is 11.1 Å². The third kappa shape index (κ3) is 2.27. The fraction of sp³-hybridized carbons (Fsp3) is 0.500. The number of carboxylic acid groups (broad SMARTS) is 1. The van der Waals surface area contributed by atoms with Crippen LogP contribution in [0.3, 0.4) is 0 Å². The lowest BCUT2D eigenvalue weighted by Crippen LogP contribution is -2.60. The van der Waals surface area contributed by atoms with E-state index in [2.05, 4.69) is 4.74 Å². The van der Waals surface area contributed by atoms with Crippen LogP contribution in [0.25, 0.3) is 0 Å². The van der Waals surface area contributed by atoms with Gasteiger partial charge in [0, 0.05) is 12.5 Å². The maximum Gasteiger partial charge on any atom is 0.352 e. The summed E-state index contributed by atoms with van der Waals surface area (Å²) in [5, 5.41) is 7.98. The average Bonchev–Trinajstić information content (AvgIpc) is 2.27. The van der Waals surface area contributed by atoms with Crippen molar-refractivity contribution >= 4 is 39.3 Å². The molecule has 0 spiro atoms. The number of ether oxygens (including phenoxy) is 1. The fourth-order valence-corrected chi connectivity index (χ4v) is 4.36. The summed E-state index contributed by atoms with van der Waals surface area (Å²) in [6.07, 6.45) is -0.257. The molecule has 0 bridgehead atoms. The molecule has 8 nitrogen and oxygen atoms in total. The van der Waals surface area contributed by atoms with Crippen LogP contribution in [0.1, 0.15) is 13.3 Å². The number of carboxylic acids is 1. The number of carbonyl (C=O) groups excluding carboxylic acids is 2. The van der Waals surface area contributed by atoms with E-state index in [0.717, 1.165) is 6.92 Å². The number of sulfone groups is 1. The number of hydrogen-bond acceptors (Lipinski definition) is 6. The predicted molar refractivity (Wildman–Crippen MR) is 65.1 cm³/mol. The maximum absolute atomic E-state index is 11.9. The second kappa shape index (κ2) is 4.74. The predicted octanol–water partition coefficient (Wildman–Crippen LogP) is -0.560. The highest BCUT2D eigenvalue weighted by Gasteiger charge is 2.53. The zero-order valence-corrected chi connectivity index (χ0v) is 11.8. The Morgan fingerprint density at radius 2 is 2.10 bits per heavy atom. The van der Waals surface area contributed by atoms with Crippen LogP contribution < -0.4 is 0 Å². The summed E-state index contributed by atoms with van der Waals surface area (Å²) in [6.45, 7) is 1.05. The topological polar surface area (TPSA) is 118 Å². The summed E-state index contributed by atoms with van der Waals surface area (Å²) in [4.78, 5) is 34.3. The van der Waals surface area contributed by atoms with Gasteiger partial charge in [-0.3, -0.25) is 14.5 Å². The molecule has 1 fully saturated rings. The Bertz CT molecular complexity index is 638. The van der Waals surface area contributed by atoms with Crippen molar-refractivity contribution in [2.75, 3.05) is 5.75 Å². The number of β-lactam (4-membered cyclic amide) rings is 1. The zero-order chi connectivity index (χ0) is 15.2. The summed E-state index contributed by atoms with van der Waals surface area (Å²) in [7, 11) is -3.75. The first-order valence-corrected chi connectivity index (χ1v) is 7.61. The van der Waals surface area contributed by atoms with E-state index in [1.807, 2.05) is 0 Å². The van der Waals surface area contributed by atoms with Crippen molar-refractivity contribution in [3.8, 4) is 0 Å². The number of carbonyl (C=O) groups is 3. The molecule has 1 amide bonds. The second-order valence-electron chi connectivity index (χ2n) is 4.33. The van der Waals surface area contributed by atoms with Crippen molar-refractivity contribution < 1.29 is 32.6 Å². The molecular weight excluding hydrogens is 314 g/mol. The number of fused-ring (bicyclic) bond motifs is 1. The Morgan fingerprint density at radius 1 is 1.50 bits per heavy atom. The van der Waals surface area contributed by atoms with E-state index in [4.69, 9.17) is 16.7 Å². The van der Waals surface area contributed by atoms with Crippen LogP contribution >= 0.6 is 11.6 Å². The normalized spacial score (nSPS) is 25.6. The molecule has 0 aromatic carbocycles. The Morgan fingerprint density at radius 3 is 2.55 bits per heavy atom. The van der Waals surface area contributed by atoms with E-state index in [-0.39, 0.29) is 12.0 Å². The van der Waals surface area contributed by atoms with E-state index < -0.39 is 50.1 Å². The van der Waals surface area contributed by atoms with Crippen LogP contribution in [0.4, 0.5) is 0 Å². The average molecular weight is 324 g/mol. The summed E-state index contributed by atoms with van der Waals surface area (Å²) < 4.78 is 28.5. The van der Waals surface area contributed by atoms with Gasteiger partial charge in [0.25, 0.3) is 0 Å². The molecule has 2 aliphatic rings. The third-order valence-corrected chi connectivity index (χ3v) is 5.24. The molecule has 0 aliphatic carbocycles. The zero-order valence-electron chi connectivity index (χ0n) is 10.2. The van der Waals surface area contributed by atoms with Crippen LogP contribution in [0, 0.1) is 0 Å². The summed E-state index contributed by atoms with van der Waals surface area (Å²) in [5.41, 5.74) is -2.40. The van der Waals surface area contributed by atoms with E-state index >= 15 is 0 Å². The number of amides is 1. The van der Waals surface area contributed by atoms with Gasteiger partial charge in [-0.2, -0.15) is 0 Å². The highest BCUT2D eigenvalue weighted by atomic mass is 35.5. The van der Waals surface area contributed by atoms with Gasteiger partial charge in [-0.1, -0.05) is 11.6 Å². The molecule has 110 valence electrons. The minimum atomic E-state index is -3.75. The van der Waals surface area contributed by atoms with Crippen LogP contribution in [-0.4, -0.2) is 53.0 Å². The van der Waals surface area contributed by atoms with Crippen molar-refractivity contribution in [2.45, 2.75) is 24.3 Å². The van der Waals surface area contributed by atoms with Gasteiger partial charge >= 0.3 is 11.9 Å². The highest BCUT2D eigenvalue weighted by Crippen LogP contribution is 2.38. The molecule has 0 saturated carbocycles. The first-order valence-electron chi connectivity index (χ1n) is 5.46. The molecule has 2 heterocycles. The van der Waals surface area contributed by atoms with Gasteiger partial charge in [0.2, 0.25) is 5.91 Å². The largest absolute Gasteiger partial charge is 0.477 e. The number of rotatable bonds is 3.